The molecule has 0 aromatic rings. The second kappa shape index (κ2) is 13.5. The maximum absolute atomic E-state index is 3.27. The lowest BCUT2D eigenvalue weighted by Gasteiger charge is -2.57. The molecule has 1 nitrogen and oxygen atoms in total. The summed E-state index contributed by atoms with van der Waals surface area (Å²) >= 11 is 0. The van der Waals surface area contributed by atoms with Crippen LogP contribution < -0.4 is 5.32 Å². The Morgan fingerprint density at radius 2 is 1.66 bits per heavy atom. The molecule has 0 saturated heterocycles. The number of hydrogen-bond donors (Lipinski definition) is 1. The fourth-order valence-electron chi connectivity index (χ4n) is 9.73. The van der Waals surface area contributed by atoms with Gasteiger partial charge in [0.15, 0.2) is 0 Å². The first-order valence-corrected chi connectivity index (χ1v) is 16.3. The SMILES string of the molecule is CC.CC1=CCCNC1.CCCCC1(C)CC[C@H]2[C@@H](CCC3[C@@H]2CC[C@]2(C)[C@@H](CCC)CC[C@@H]32)C1. The van der Waals surface area contributed by atoms with Crippen molar-refractivity contribution in [2.45, 2.75) is 145 Å². The molecule has 0 spiro atoms. The highest BCUT2D eigenvalue weighted by Gasteiger charge is 2.57. The molecule has 1 heteroatoms. The molecule has 35 heavy (non-hydrogen) atoms. The van der Waals surface area contributed by atoms with Crippen LogP contribution in [0, 0.1) is 46.3 Å². The summed E-state index contributed by atoms with van der Waals surface area (Å²) in [5, 5.41) is 3.27. The van der Waals surface area contributed by atoms with E-state index in [4.69, 9.17) is 0 Å². The fourth-order valence-corrected chi connectivity index (χ4v) is 9.73. The molecule has 4 aliphatic carbocycles. The van der Waals surface area contributed by atoms with Crippen LogP contribution in [0.5, 0.6) is 0 Å². The van der Waals surface area contributed by atoms with Gasteiger partial charge in [0.25, 0.3) is 0 Å². The summed E-state index contributed by atoms with van der Waals surface area (Å²) in [4.78, 5) is 0. The molecule has 4 saturated carbocycles. The van der Waals surface area contributed by atoms with Gasteiger partial charge in [-0.1, -0.05) is 78.9 Å². The Morgan fingerprint density at radius 3 is 2.29 bits per heavy atom. The van der Waals surface area contributed by atoms with Crippen LogP contribution in [0.4, 0.5) is 0 Å². The number of nitrogens with one attached hydrogen (secondary N) is 1. The second-order valence-electron chi connectivity index (χ2n) is 13.7. The van der Waals surface area contributed by atoms with E-state index in [1.54, 1.807) is 51.4 Å². The molecule has 0 bridgehead atoms. The molecule has 1 N–H and O–H groups in total. The maximum atomic E-state index is 3.27. The normalized spacial score (nSPS) is 42.2. The monoisotopic (exact) mass is 485 g/mol. The first-order chi connectivity index (χ1) is 16.9. The molecule has 0 aromatic heterocycles. The zero-order chi connectivity index (χ0) is 25.5. The Bertz CT molecular complexity index is 651. The molecule has 5 rings (SSSR count). The van der Waals surface area contributed by atoms with Gasteiger partial charge in [-0.3, -0.25) is 0 Å². The summed E-state index contributed by atoms with van der Waals surface area (Å²) in [5.41, 5.74) is 2.88. The first kappa shape index (κ1) is 29.3. The Hall–Kier alpha value is -0.300. The molecule has 2 unspecified atom stereocenters. The maximum Gasteiger partial charge on any atom is 0.0161 e. The third-order valence-electron chi connectivity index (χ3n) is 11.5. The van der Waals surface area contributed by atoms with E-state index < -0.39 is 0 Å². The lowest BCUT2D eigenvalue weighted by molar-refractivity contribution is -0.0796. The van der Waals surface area contributed by atoms with Gasteiger partial charge in [-0.15, -0.1) is 0 Å². The third kappa shape index (κ3) is 6.78. The van der Waals surface area contributed by atoms with E-state index >= 15 is 0 Å². The number of unbranched alkanes of at least 4 members (excludes halogenated alkanes) is 1. The van der Waals surface area contributed by atoms with Gasteiger partial charge in [0, 0.05) is 6.54 Å². The standard InChI is InChI=1S/C26H46.C6H11N.C2H6/c1-5-7-15-25(3)16-13-21-19(18-25)9-11-23-22(21)14-17-26(4)20(8-6-2)10-12-24(23)26;1-6-3-2-4-7-5-6;1-2/h19-24H,5-18H2,1-4H3;3,7H,2,4-5H2,1H3;1-2H3/t19-,20-,21-,22+,23?,24-,25?,26+;;/m0../s1. The summed E-state index contributed by atoms with van der Waals surface area (Å²) in [6.07, 6.45) is 24.9. The third-order valence-corrected chi connectivity index (χ3v) is 11.5. The van der Waals surface area contributed by atoms with E-state index in [9.17, 15) is 0 Å². The van der Waals surface area contributed by atoms with Crippen LogP contribution in [-0.4, -0.2) is 13.1 Å². The largest absolute Gasteiger partial charge is 0.313 e. The molecule has 0 aromatic carbocycles. The van der Waals surface area contributed by atoms with Crippen molar-refractivity contribution in [1.29, 1.82) is 0 Å². The van der Waals surface area contributed by atoms with Crippen molar-refractivity contribution >= 4 is 0 Å². The van der Waals surface area contributed by atoms with Gasteiger partial charge in [-0.2, -0.15) is 0 Å². The molecule has 5 aliphatic rings. The van der Waals surface area contributed by atoms with Crippen LogP contribution in [0.3, 0.4) is 0 Å². The second-order valence-corrected chi connectivity index (χ2v) is 13.7. The molecule has 0 amide bonds. The molecule has 1 heterocycles. The summed E-state index contributed by atoms with van der Waals surface area (Å²) in [5.74, 6) is 6.56. The van der Waals surface area contributed by atoms with Gasteiger partial charge < -0.3 is 5.32 Å². The minimum Gasteiger partial charge on any atom is -0.313 e. The van der Waals surface area contributed by atoms with Crippen molar-refractivity contribution in [1.82, 2.24) is 5.32 Å². The Kier molecular flexibility index (Phi) is 11.3. The van der Waals surface area contributed by atoms with E-state index in [1.165, 1.54) is 50.5 Å². The van der Waals surface area contributed by atoms with Crippen LogP contribution in [0.2, 0.25) is 0 Å². The van der Waals surface area contributed by atoms with Crippen molar-refractivity contribution in [3.8, 4) is 0 Å². The number of hydrogen-bond acceptors (Lipinski definition) is 1. The van der Waals surface area contributed by atoms with Gasteiger partial charge in [-0.25, -0.2) is 0 Å². The van der Waals surface area contributed by atoms with Crippen molar-refractivity contribution in [2.24, 2.45) is 46.3 Å². The zero-order valence-electron chi connectivity index (χ0n) is 25.1. The van der Waals surface area contributed by atoms with Crippen molar-refractivity contribution in [3.05, 3.63) is 11.6 Å². The van der Waals surface area contributed by atoms with E-state index in [0.717, 1.165) is 48.6 Å². The van der Waals surface area contributed by atoms with Gasteiger partial charge in [0.1, 0.15) is 0 Å². The average Bonchev–Trinajstić information content (AvgIpc) is 3.21. The van der Waals surface area contributed by atoms with Crippen LogP contribution >= 0.6 is 0 Å². The molecule has 4 fully saturated rings. The predicted molar refractivity (Wildman–Crippen MR) is 156 cm³/mol. The molecule has 1 aliphatic heterocycles. The quantitative estimate of drug-likeness (QED) is 0.382. The summed E-state index contributed by atoms with van der Waals surface area (Å²) < 4.78 is 0. The minimum absolute atomic E-state index is 0.687. The van der Waals surface area contributed by atoms with E-state index in [-0.39, 0.29) is 0 Å². The Balaban J connectivity index is 0.000000324. The van der Waals surface area contributed by atoms with Crippen molar-refractivity contribution < 1.29 is 0 Å². The van der Waals surface area contributed by atoms with E-state index in [0.29, 0.717) is 10.8 Å². The Labute approximate surface area is 221 Å². The van der Waals surface area contributed by atoms with Gasteiger partial charge in [0.05, 0.1) is 0 Å². The molecule has 8 atom stereocenters. The smallest absolute Gasteiger partial charge is 0.0161 e. The molecule has 204 valence electrons. The first-order valence-electron chi connectivity index (χ1n) is 16.3. The van der Waals surface area contributed by atoms with Crippen LogP contribution in [-0.2, 0) is 0 Å². The minimum atomic E-state index is 0.687. The van der Waals surface area contributed by atoms with Crippen LogP contribution in [0.25, 0.3) is 0 Å². The molecular formula is C34H63N. The van der Waals surface area contributed by atoms with Crippen molar-refractivity contribution in [3.63, 3.8) is 0 Å². The zero-order valence-corrected chi connectivity index (χ0v) is 25.1. The van der Waals surface area contributed by atoms with Gasteiger partial charge >= 0.3 is 0 Å². The summed E-state index contributed by atoms with van der Waals surface area (Å²) in [6, 6.07) is 0. The van der Waals surface area contributed by atoms with Crippen LogP contribution in [0.15, 0.2) is 11.6 Å². The topological polar surface area (TPSA) is 12.0 Å². The van der Waals surface area contributed by atoms with E-state index in [2.05, 4.69) is 46.0 Å². The highest BCUT2D eigenvalue weighted by atomic mass is 14.9. The lowest BCUT2D eigenvalue weighted by Crippen LogP contribution is -2.49. The lowest BCUT2D eigenvalue weighted by atomic mass is 9.48. The fraction of sp³-hybridized carbons (Fsp3) is 0.941. The van der Waals surface area contributed by atoms with Crippen LogP contribution in [0.1, 0.15) is 145 Å². The van der Waals surface area contributed by atoms with Gasteiger partial charge in [-0.05, 0) is 130 Å². The van der Waals surface area contributed by atoms with E-state index in [1.807, 2.05) is 13.8 Å². The average molecular weight is 486 g/mol. The van der Waals surface area contributed by atoms with Gasteiger partial charge in [0.2, 0.25) is 0 Å². The van der Waals surface area contributed by atoms with Crippen molar-refractivity contribution in [2.75, 3.05) is 13.1 Å². The molecular weight excluding hydrogens is 422 g/mol. The number of fused-ring (bicyclic) bond motifs is 5. The summed E-state index contributed by atoms with van der Waals surface area (Å²) in [7, 11) is 0. The number of rotatable bonds is 5. The summed E-state index contributed by atoms with van der Waals surface area (Å²) in [6.45, 7) is 18.5. The molecule has 0 radical (unpaired) electrons. The highest BCUT2D eigenvalue weighted by molar-refractivity contribution is 5.06. The predicted octanol–water partition coefficient (Wildman–Crippen LogP) is 10.2. The Morgan fingerprint density at radius 1 is 0.886 bits per heavy atom. The highest BCUT2D eigenvalue weighted by Crippen LogP contribution is 2.65.